The molecule has 0 amide bonds. The van der Waals surface area contributed by atoms with Gasteiger partial charge in [-0.1, -0.05) is 40.2 Å². The minimum atomic E-state index is 0.347. The van der Waals surface area contributed by atoms with Crippen molar-refractivity contribution in [3.05, 3.63) is 24.3 Å². The lowest BCUT2D eigenvalue weighted by Gasteiger charge is -2.11. The third-order valence-corrected chi connectivity index (χ3v) is 2.82. The van der Waals surface area contributed by atoms with Crippen LogP contribution in [0.2, 0.25) is 0 Å². The van der Waals surface area contributed by atoms with E-state index >= 15 is 0 Å². The van der Waals surface area contributed by atoms with Crippen molar-refractivity contribution in [1.82, 2.24) is 0 Å². The van der Waals surface area contributed by atoms with Crippen LogP contribution in [0.1, 0.15) is 0 Å². The molecule has 0 aromatic rings. The zero-order valence-corrected chi connectivity index (χ0v) is 6.77. The zero-order chi connectivity index (χ0) is 5.98. The highest BCUT2D eigenvalue weighted by atomic mass is 79.9. The lowest BCUT2D eigenvalue weighted by atomic mass is 10.2. The van der Waals surface area contributed by atoms with Crippen molar-refractivity contribution in [3.8, 4) is 0 Å². The number of halogens is 1. The van der Waals surface area contributed by atoms with E-state index in [1.165, 1.54) is 0 Å². The normalized spacial score (nSPS) is 35.8. The van der Waals surface area contributed by atoms with Crippen LogP contribution in [0, 0.1) is 0 Å². The molecule has 0 saturated carbocycles. The predicted octanol–water partition coefficient (Wildman–Crippen LogP) is 2.17. The van der Waals surface area contributed by atoms with Crippen LogP contribution < -0.4 is 0 Å². The van der Waals surface area contributed by atoms with Crippen LogP contribution in [-0.2, 0) is 0 Å². The molecule has 0 aromatic heterocycles. The Labute approximate surface area is 63.2 Å². The number of hydrogen-bond donors (Lipinski definition) is 1. The van der Waals surface area contributed by atoms with Crippen molar-refractivity contribution in [3.63, 3.8) is 0 Å². The Morgan fingerprint density at radius 3 is 2.25 bits per heavy atom. The molecule has 0 aliphatic heterocycles. The van der Waals surface area contributed by atoms with Crippen molar-refractivity contribution in [2.24, 2.45) is 0 Å². The SMILES string of the molecule is SC1C=CC=CC1Br. The number of allylic oxidation sites excluding steroid dienone is 3. The van der Waals surface area contributed by atoms with Crippen LogP contribution in [-0.4, -0.2) is 10.1 Å². The molecule has 2 heteroatoms. The fourth-order valence-corrected chi connectivity index (χ4v) is 1.12. The Morgan fingerprint density at radius 1 is 1.25 bits per heavy atom. The highest BCUT2D eigenvalue weighted by molar-refractivity contribution is 9.09. The average Bonchev–Trinajstić information content (AvgIpc) is 1.77. The summed E-state index contributed by atoms with van der Waals surface area (Å²) in [5.41, 5.74) is 0. The Hall–Kier alpha value is 0.310. The lowest BCUT2D eigenvalue weighted by molar-refractivity contribution is 1.10. The fourth-order valence-electron chi connectivity index (χ4n) is 0.568. The van der Waals surface area contributed by atoms with Crippen LogP contribution in [0.4, 0.5) is 0 Å². The second kappa shape index (κ2) is 2.74. The molecule has 2 atom stereocenters. The zero-order valence-electron chi connectivity index (χ0n) is 4.29. The second-order valence-electron chi connectivity index (χ2n) is 1.70. The lowest BCUT2D eigenvalue weighted by Crippen LogP contribution is -2.10. The maximum absolute atomic E-state index is 4.27. The first-order chi connectivity index (χ1) is 3.80. The maximum atomic E-state index is 4.27. The van der Waals surface area contributed by atoms with E-state index in [0.717, 1.165) is 0 Å². The van der Waals surface area contributed by atoms with Crippen LogP contribution in [0.3, 0.4) is 0 Å². The highest BCUT2D eigenvalue weighted by Gasteiger charge is 2.08. The summed E-state index contributed by atoms with van der Waals surface area (Å²) in [7, 11) is 0. The Bertz CT molecular complexity index is 112. The average molecular weight is 191 g/mol. The summed E-state index contributed by atoms with van der Waals surface area (Å²) in [5.74, 6) is 0. The maximum Gasteiger partial charge on any atom is 0.0479 e. The smallest absolute Gasteiger partial charge is 0.0479 e. The monoisotopic (exact) mass is 190 g/mol. The molecule has 1 rings (SSSR count). The molecule has 0 aromatic carbocycles. The van der Waals surface area contributed by atoms with Gasteiger partial charge in [-0.2, -0.15) is 12.6 Å². The molecule has 0 fully saturated rings. The van der Waals surface area contributed by atoms with E-state index in [0.29, 0.717) is 10.1 Å². The van der Waals surface area contributed by atoms with Crippen LogP contribution in [0.5, 0.6) is 0 Å². The standard InChI is InChI=1S/C6H7BrS/c7-5-3-1-2-4-6(5)8/h1-6,8H. The number of thiol groups is 1. The number of rotatable bonds is 0. The van der Waals surface area contributed by atoms with Gasteiger partial charge in [0, 0.05) is 10.1 Å². The van der Waals surface area contributed by atoms with Gasteiger partial charge in [-0.05, 0) is 0 Å². The van der Waals surface area contributed by atoms with Gasteiger partial charge in [0.15, 0.2) is 0 Å². The quantitative estimate of drug-likeness (QED) is 0.440. The van der Waals surface area contributed by atoms with Crippen molar-refractivity contribution in [2.75, 3.05) is 0 Å². The molecule has 2 unspecified atom stereocenters. The summed E-state index contributed by atoms with van der Waals surface area (Å²) in [6, 6.07) is 0. The van der Waals surface area contributed by atoms with E-state index in [-0.39, 0.29) is 0 Å². The summed E-state index contributed by atoms with van der Waals surface area (Å²) in [4.78, 5) is 0.413. The van der Waals surface area contributed by atoms with Gasteiger partial charge in [0.25, 0.3) is 0 Å². The summed E-state index contributed by atoms with van der Waals surface area (Å²) in [6.07, 6.45) is 8.17. The van der Waals surface area contributed by atoms with Gasteiger partial charge < -0.3 is 0 Å². The molecule has 0 spiro atoms. The minimum Gasteiger partial charge on any atom is -0.170 e. The molecule has 0 nitrogen and oxygen atoms in total. The third-order valence-electron chi connectivity index (χ3n) is 1.04. The highest BCUT2D eigenvalue weighted by Crippen LogP contribution is 2.17. The van der Waals surface area contributed by atoms with Gasteiger partial charge in [0.05, 0.1) is 0 Å². The van der Waals surface area contributed by atoms with Crippen LogP contribution in [0.15, 0.2) is 24.3 Å². The Balaban J connectivity index is 2.59. The summed E-state index contributed by atoms with van der Waals surface area (Å²) in [6.45, 7) is 0. The van der Waals surface area contributed by atoms with Gasteiger partial charge in [-0.3, -0.25) is 0 Å². The van der Waals surface area contributed by atoms with Gasteiger partial charge in [-0.25, -0.2) is 0 Å². The van der Waals surface area contributed by atoms with E-state index in [2.05, 4.69) is 40.7 Å². The van der Waals surface area contributed by atoms with E-state index < -0.39 is 0 Å². The largest absolute Gasteiger partial charge is 0.170 e. The number of hydrogen-bond acceptors (Lipinski definition) is 1. The minimum absolute atomic E-state index is 0.347. The van der Waals surface area contributed by atoms with E-state index in [1.54, 1.807) is 0 Å². The number of alkyl halides is 1. The predicted molar refractivity (Wildman–Crippen MR) is 43.8 cm³/mol. The Kier molecular flexibility index (Phi) is 2.20. The first-order valence-electron chi connectivity index (χ1n) is 2.48. The molecule has 0 bridgehead atoms. The Morgan fingerprint density at radius 2 is 1.88 bits per heavy atom. The molecule has 1 aliphatic carbocycles. The van der Waals surface area contributed by atoms with Crippen molar-refractivity contribution in [1.29, 1.82) is 0 Å². The third kappa shape index (κ3) is 1.39. The van der Waals surface area contributed by atoms with Crippen LogP contribution in [0.25, 0.3) is 0 Å². The van der Waals surface area contributed by atoms with Gasteiger partial charge in [-0.15, -0.1) is 0 Å². The molecule has 0 heterocycles. The summed E-state index contributed by atoms with van der Waals surface area (Å²) < 4.78 is 0. The first kappa shape index (κ1) is 6.43. The molecular weight excluding hydrogens is 184 g/mol. The molecule has 0 N–H and O–H groups in total. The molecular formula is C6H7BrS. The summed E-state index contributed by atoms with van der Waals surface area (Å²) >= 11 is 7.71. The molecule has 44 valence electrons. The van der Waals surface area contributed by atoms with E-state index in [1.807, 2.05) is 12.2 Å². The van der Waals surface area contributed by atoms with E-state index in [4.69, 9.17) is 0 Å². The second-order valence-corrected chi connectivity index (χ2v) is 3.36. The topological polar surface area (TPSA) is 0 Å². The first-order valence-corrected chi connectivity index (χ1v) is 3.91. The van der Waals surface area contributed by atoms with Gasteiger partial charge in [0.1, 0.15) is 0 Å². The fraction of sp³-hybridized carbons (Fsp3) is 0.333. The van der Waals surface area contributed by atoms with Crippen LogP contribution >= 0.6 is 28.6 Å². The van der Waals surface area contributed by atoms with Gasteiger partial charge in [0.2, 0.25) is 0 Å². The van der Waals surface area contributed by atoms with Crippen molar-refractivity contribution in [2.45, 2.75) is 10.1 Å². The van der Waals surface area contributed by atoms with E-state index in [9.17, 15) is 0 Å². The molecule has 0 radical (unpaired) electrons. The summed E-state index contributed by atoms with van der Waals surface area (Å²) in [5, 5.41) is 0.347. The van der Waals surface area contributed by atoms with Crippen molar-refractivity contribution < 1.29 is 0 Å². The molecule has 8 heavy (non-hydrogen) atoms. The molecule has 1 aliphatic rings. The molecule has 0 saturated heterocycles. The van der Waals surface area contributed by atoms with Gasteiger partial charge >= 0.3 is 0 Å². The van der Waals surface area contributed by atoms with Crippen molar-refractivity contribution >= 4 is 28.6 Å².